The summed E-state index contributed by atoms with van der Waals surface area (Å²) in [7, 11) is 0. The maximum absolute atomic E-state index is 4.45. The van der Waals surface area contributed by atoms with Crippen molar-refractivity contribution in [1.82, 2.24) is 16.8 Å². The van der Waals surface area contributed by atoms with Gasteiger partial charge in [0.15, 0.2) is 5.96 Å². The summed E-state index contributed by atoms with van der Waals surface area (Å²) in [4.78, 5) is 4.45. The molecule has 0 fully saturated rings. The van der Waals surface area contributed by atoms with Crippen LogP contribution >= 0.6 is 0 Å². The molecule has 0 heterocycles. The maximum atomic E-state index is 4.45. The number of nitrogens with one attached hydrogen (secondary N) is 2. The van der Waals surface area contributed by atoms with Gasteiger partial charge in [-0.3, -0.25) is 4.99 Å². The van der Waals surface area contributed by atoms with Gasteiger partial charge in [0, 0.05) is 18.1 Å². The highest BCUT2D eigenvalue weighted by Crippen LogP contribution is 1.88. The van der Waals surface area contributed by atoms with Crippen LogP contribution in [0, 0.1) is 0 Å². The van der Waals surface area contributed by atoms with Gasteiger partial charge in [0.1, 0.15) is 0 Å². The SMILES string of the molecule is CC(C)N=C(NC(C)C)NC(C)C.[I-].[NH4+]. The highest BCUT2D eigenvalue weighted by Gasteiger charge is 2.03. The highest BCUT2D eigenvalue weighted by molar-refractivity contribution is 5.80. The Morgan fingerprint density at radius 1 is 0.867 bits per heavy atom. The second-order valence-corrected chi connectivity index (χ2v) is 4.17. The molecule has 0 atom stereocenters. The zero-order valence-electron chi connectivity index (χ0n) is 11.1. The lowest BCUT2D eigenvalue weighted by Gasteiger charge is -2.18. The topological polar surface area (TPSA) is 72.9 Å². The Hall–Kier alpha value is -0.0400. The first kappa shape index (κ1) is 20.4. The lowest BCUT2D eigenvalue weighted by Crippen LogP contribution is -3.00. The van der Waals surface area contributed by atoms with Crippen LogP contribution in [-0.4, -0.2) is 24.1 Å². The van der Waals surface area contributed by atoms with Crippen LogP contribution in [0.5, 0.6) is 0 Å². The van der Waals surface area contributed by atoms with Crippen LogP contribution in [0.4, 0.5) is 0 Å². The molecule has 0 bridgehead atoms. The van der Waals surface area contributed by atoms with Gasteiger partial charge in [0.2, 0.25) is 0 Å². The molecule has 94 valence electrons. The Balaban J connectivity index is -0.000000720. The summed E-state index contributed by atoms with van der Waals surface area (Å²) >= 11 is 0. The van der Waals surface area contributed by atoms with E-state index in [1.807, 2.05) is 0 Å². The lowest BCUT2D eigenvalue weighted by atomic mass is 10.3. The molecule has 0 aliphatic carbocycles. The fourth-order valence-corrected chi connectivity index (χ4v) is 0.921. The largest absolute Gasteiger partial charge is 1.00 e. The first-order chi connectivity index (χ1) is 5.91. The molecule has 4 nitrogen and oxygen atoms in total. The second kappa shape index (κ2) is 10.5. The summed E-state index contributed by atoms with van der Waals surface area (Å²) in [5, 5.41) is 6.56. The number of halogens is 1. The van der Waals surface area contributed by atoms with Crippen molar-refractivity contribution >= 4 is 5.96 Å². The number of hydrogen-bond donors (Lipinski definition) is 3. The van der Waals surface area contributed by atoms with Gasteiger partial charge in [-0.1, -0.05) is 0 Å². The zero-order valence-corrected chi connectivity index (χ0v) is 13.2. The van der Waals surface area contributed by atoms with E-state index >= 15 is 0 Å². The van der Waals surface area contributed by atoms with E-state index in [9.17, 15) is 0 Å². The summed E-state index contributed by atoms with van der Waals surface area (Å²) in [5.41, 5.74) is 0. The van der Waals surface area contributed by atoms with Crippen molar-refractivity contribution in [3.8, 4) is 0 Å². The van der Waals surface area contributed by atoms with Crippen LogP contribution in [0.15, 0.2) is 4.99 Å². The van der Waals surface area contributed by atoms with E-state index in [-0.39, 0.29) is 30.1 Å². The van der Waals surface area contributed by atoms with Gasteiger partial charge in [-0.15, -0.1) is 0 Å². The normalized spacial score (nSPS) is 9.40. The van der Waals surface area contributed by atoms with Crippen LogP contribution in [0.25, 0.3) is 0 Å². The molecule has 0 aliphatic heterocycles. The van der Waals surface area contributed by atoms with Gasteiger partial charge in [-0.2, -0.15) is 0 Å². The summed E-state index contributed by atoms with van der Waals surface area (Å²) < 4.78 is 0. The fourth-order valence-electron chi connectivity index (χ4n) is 0.921. The smallest absolute Gasteiger partial charge is 0.191 e. The highest BCUT2D eigenvalue weighted by atomic mass is 127. The van der Waals surface area contributed by atoms with Gasteiger partial charge < -0.3 is 40.8 Å². The van der Waals surface area contributed by atoms with E-state index in [1.54, 1.807) is 0 Å². The summed E-state index contributed by atoms with van der Waals surface area (Å²) in [6.45, 7) is 12.6. The van der Waals surface area contributed by atoms with E-state index in [0.717, 1.165) is 5.96 Å². The molecule has 0 unspecified atom stereocenters. The third-order valence-corrected chi connectivity index (χ3v) is 1.24. The molecule has 15 heavy (non-hydrogen) atoms. The Bertz CT molecular complexity index is 155. The van der Waals surface area contributed by atoms with Crippen LogP contribution in [0.3, 0.4) is 0 Å². The Kier molecular flexibility index (Phi) is 14.2. The molecular formula is C10H27IN4. The predicted octanol–water partition coefficient (Wildman–Crippen LogP) is -0.873. The molecule has 0 aromatic carbocycles. The molecular weight excluding hydrogens is 303 g/mol. The Labute approximate surface area is 111 Å². The summed E-state index contributed by atoms with van der Waals surface area (Å²) in [6, 6.07) is 1.17. The van der Waals surface area contributed by atoms with Gasteiger partial charge in [-0.25, -0.2) is 0 Å². The number of hydrogen-bond acceptors (Lipinski definition) is 1. The Morgan fingerprint density at radius 2 is 1.20 bits per heavy atom. The second-order valence-electron chi connectivity index (χ2n) is 4.17. The molecule has 0 rings (SSSR count). The number of aliphatic imine (C=N–C) groups is 1. The molecule has 6 N–H and O–H groups in total. The summed E-state index contributed by atoms with van der Waals surface area (Å²) in [5.74, 6) is 0.903. The lowest BCUT2D eigenvalue weighted by molar-refractivity contribution is -0.00000435. The Morgan fingerprint density at radius 3 is 1.40 bits per heavy atom. The minimum absolute atomic E-state index is 0. The molecule has 0 amide bonds. The monoisotopic (exact) mass is 330 g/mol. The van der Waals surface area contributed by atoms with E-state index in [0.29, 0.717) is 18.1 Å². The average Bonchev–Trinajstić information content (AvgIpc) is 1.80. The number of rotatable bonds is 3. The van der Waals surface area contributed by atoms with E-state index in [1.165, 1.54) is 0 Å². The first-order valence-electron chi connectivity index (χ1n) is 5.02. The molecule has 0 spiro atoms. The van der Waals surface area contributed by atoms with Crippen molar-refractivity contribution in [3.05, 3.63) is 0 Å². The predicted molar refractivity (Wildman–Crippen MR) is 65.1 cm³/mol. The van der Waals surface area contributed by atoms with Gasteiger partial charge in [0.05, 0.1) is 0 Å². The van der Waals surface area contributed by atoms with Crippen molar-refractivity contribution in [2.45, 2.75) is 59.7 Å². The van der Waals surface area contributed by atoms with E-state index < -0.39 is 0 Å². The first-order valence-corrected chi connectivity index (χ1v) is 5.02. The van der Waals surface area contributed by atoms with Crippen molar-refractivity contribution in [2.75, 3.05) is 0 Å². The average molecular weight is 330 g/mol. The van der Waals surface area contributed by atoms with E-state index in [4.69, 9.17) is 0 Å². The third kappa shape index (κ3) is 14.0. The number of quaternary nitrogens is 1. The molecule has 5 heteroatoms. The quantitative estimate of drug-likeness (QED) is 0.357. The summed E-state index contributed by atoms with van der Waals surface area (Å²) in [6.07, 6.45) is 0. The van der Waals surface area contributed by atoms with Crippen molar-refractivity contribution < 1.29 is 24.0 Å². The minimum Gasteiger partial charge on any atom is -1.00 e. The number of guanidine groups is 1. The van der Waals surface area contributed by atoms with Gasteiger partial charge in [0.25, 0.3) is 0 Å². The third-order valence-electron chi connectivity index (χ3n) is 1.24. The van der Waals surface area contributed by atoms with Crippen LogP contribution in [-0.2, 0) is 0 Å². The van der Waals surface area contributed by atoms with Crippen LogP contribution in [0.2, 0.25) is 0 Å². The minimum atomic E-state index is 0. The van der Waals surface area contributed by atoms with Crippen molar-refractivity contribution in [3.63, 3.8) is 0 Å². The van der Waals surface area contributed by atoms with Crippen LogP contribution in [0.1, 0.15) is 41.5 Å². The van der Waals surface area contributed by atoms with Crippen LogP contribution < -0.4 is 40.8 Å². The zero-order chi connectivity index (χ0) is 10.4. The standard InChI is InChI=1S/C10H23N3.HI.H3N/c1-7(2)11-10(12-8(3)4)13-9(5)6;;/h7-9H,1-6H3,(H2,11,12,13);1H;1H3. The molecule has 0 aromatic heterocycles. The van der Waals surface area contributed by atoms with Crippen molar-refractivity contribution in [2.24, 2.45) is 4.99 Å². The molecule has 0 saturated heterocycles. The molecule has 0 saturated carbocycles. The van der Waals surface area contributed by atoms with E-state index in [2.05, 4.69) is 57.2 Å². The number of nitrogens with zero attached hydrogens (tertiary/aromatic N) is 1. The maximum Gasteiger partial charge on any atom is 0.191 e. The molecule has 0 radical (unpaired) electrons. The van der Waals surface area contributed by atoms with Gasteiger partial charge in [-0.05, 0) is 41.5 Å². The molecule has 0 aliphatic rings. The molecule has 0 aromatic rings. The van der Waals surface area contributed by atoms with Crippen molar-refractivity contribution in [1.29, 1.82) is 0 Å². The fraction of sp³-hybridized carbons (Fsp3) is 0.900. The van der Waals surface area contributed by atoms with Gasteiger partial charge >= 0.3 is 0 Å².